The molecule has 2 aromatic rings. The molecule has 2 fully saturated rings. The zero-order valence-corrected chi connectivity index (χ0v) is 16.9. The lowest BCUT2D eigenvalue weighted by molar-refractivity contribution is 0.0901. The zero-order chi connectivity index (χ0) is 19.2. The molecule has 5 nitrogen and oxygen atoms in total. The van der Waals surface area contributed by atoms with Crippen LogP contribution in [0.15, 0.2) is 48.7 Å². The molecule has 2 aliphatic rings. The quantitative estimate of drug-likeness (QED) is 0.810. The van der Waals surface area contributed by atoms with Gasteiger partial charge in [-0.15, -0.1) is 0 Å². The van der Waals surface area contributed by atoms with E-state index >= 15 is 0 Å². The molecule has 28 heavy (non-hydrogen) atoms. The molecule has 0 spiro atoms. The van der Waals surface area contributed by atoms with Gasteiger partial charge in [0.25, 0.3) is 5.91 Å². The number of hydrogen-bond donors (Lipinski definition) is 1. The molecular formula is C22H27N3O2S. The number of carbonyl (C=O) groups is 1. The Labute approximate surface area is 170 Å². The van der Waals surface area contributed by atoms with E-state index in [2.05, 4.69) is 39.5 Å². The Morgan fingerprint density at radius 1 is 1.14 bits per heavy atom. The third kappa shape index (κ3) is 5.06. The number of hydrogen-bond acceptors (Lipinski definition) is 5. The van der Waals surface area contributed by atoms with E-state index in [1.807, 2.05) is 23.9 Å². The number of thioether (sulfide) groups is 1. The van der Waals surface area contributed by atoms with Crippen molar-refractivity contribution >= 4 is 17.7 Å². The van der Waals surface area contributed by atoms with Gasteiger partial charge in [-0.3, -0.25) is 9.69 Å². The maximum Gasteiger partial charge on any atom is 0.256 e. The molecule has 6 heteroatoms. The van der Waals surface area contributed by atoms with E-state index in [9.17, 15) is 4.79 Å². The second-order valence-corrected chi connectivity index (χ2v) is 8.62. The molecule has 1 aromatic carbocycles. The van der Waals surface area contributed by atoms with Crippen molar-refractivity contribution in [3.8, 4) is 5.88 Å². The summed E-state index contributed by atoms with van der Waals surface area (Å²) in [5.74, 6) is 2.47. The highest BCUT2D eigenvalue weighted by Crippen LogP contribution is 2.24. The third-order valence-electron chi connectivity index (χ3n) is 5.35. The molecule has 0 radical (unpaired) electrons. The number of piperidine rings is 1. The lowest BCUT2D eigenvalue weighted by atomic mass is 10.0. The summed E-state index contributed by atoms with van der Waals surface area (Å²) in [6, 6.07) is 14.4. The van der Waals surface area contributed by atoms with Crippen LogP contribution in [-0.4, -0.2) is 52.5 Å². The van der Waals surface area contributed by atoms with Gasteiger partial charge >= 0.3 is 0 Å². The van der Waals surface area contributed by atoms with Gasteiger partial charge in [0.15, 0.2) is 0 Å². The Bertz CT molecular complexity index is 772. The second kappa shape index (κ2) is 9.43. The van der Waals surface area contributed by atoms with Crippen LogP contribution >= 0.6 is 11.8 Å². The Morgan fingerprint density at radius 3 is 2.71 bits per heavy atom. The van der Waals surface area contributed by atoms with Crippen molar-refractivity contribution in [1.29, 1.82) is 0 Å². The summed E-state index contributed by atoms with van der Waals surface area (Å²) in [6.45, 7) is 2.96. The standard InChI is InChI=1S/C22H27N3O2S/c26-21(20-7-4-11-23-22(20)27-19-10-14-28-16-19)24-18-8-12-25(13-9-18)15-17-5-2-1-3-6-17/h1-7,11,18-19H,8-10,12-16H2,(H,24,26). The van der Waals surface area contributed by atoms with Crippen LogP contribution in [0.2, 0.25) is 0 Å². The van der Waals surface area contributed by atoms with Crippen molar-refractivity contribution in [1.82, 2.24) is 15.2 Å². The lowest BCUT2D eigenvalue weighted by Crippen LogP contribution is -2.44. The van der Waals surface area contributed by atoms with Gasteiger partial charge < -0.3 is 10.1 Å². The topological polar surface area (TPSA) is 54.5 Å². The molecular weight excluding hydrogens is 370 g/mol. The van der Waals surface area contributed by atoms with Crippen molar-refractivity contribution < 1.29 is 9.53 Å². The first kappa shape index (κ1) is 19.3. The Morgan fingerprint density at radius 2 is 1.96 bits per heavy atom. The first-order chi connectivity index (χ1) is 13.8. The number of likely N-dealkylation sites (tertiary alicyclic amines) is 1. The molecule has 1 atom stereocenters. The molecule has 0 aliphatic carbocycles. The number of benzene rings is 1. The van der Waals surface area contributed by atoms with Gasteiger partial charge in [0, 0.05) is 37.6 Å². The van der Waals surface area contributed by atoms with E-state index in [0.29, 0.717) is 11.4 Å². The maximum absolute atomic E-state index is 12.8. The Balaban J connectivity index is 1.30. The van der Waals surface area contributed by atoms with Crippen LogP contribution in [-0.2, 0) is 6.54 Å². The molecule has 1 aromatic heterocycles. The average molecular weight is 398 g/mol. The van der Waals surface area contributed by atoms with E-state index in [1.54, 1.807) is 12.3 Å². The molecule has 1 unspecified atom stereocenters. The molecule has 4 rings (SSSR count). The van der Waals surface area contributed by atoms with Crippen molar-refractivity contribution in [2.75, 3.05) is 24.6 Å². The largest absolute Gasteiger partial charge is 0.473 e. The minimum atomic E-state index is -0.0738. The van der Waals surface area contributed by atoms with E-state index in [4.69, 9.17) is 4.74 Å². The van der Waals surface area contributed by atoms with Crippen LogP contribution in [0.5, 0.6) is 5.88 Å². The molecule has 1 N–H and O–H groups in total. The highest BCUT2D eigenvalue weighted by atomic mass is 32.2. The molecule has 2 saturated heterocycles. The summed E-state index contributed by atoms with van der Waals surface area (Å²) in [7, 11) is 0. The SMILES string of the molecule is O=C(NC1CCN(Cc2ccccc2)CC1)c1cccnc1OC1CCSC1. The van der Waals surface area contributed by atoms with Gasteiger partial charge in [-0.1, -0.05) is 30.3 Å². The van der Waals surface area contributed by atoms with Crippen LogP contribution in [0.1, 0.15) is 35.2 Å². The predicted molar refractivity (Wildman–Crippen MR) is 113 cm³/mol. The second-order valence-electron chi connectivity index (χ2n) is 7.47. The minimum Gasteiger partial charge on any atom is -0.473 e. The monoisotopic (exact) mass is 397 g/mol. The summed E-state index contributed by atoms with van der Waals surface area (Å²) >= 11 is 1.89. The number of amides is 1. The van der Waals surface area contributed by atoms with Gasteiger partial charge in [0.1, 0.15) is 11.7 Å². The summed E-state index contributed by atoms with van der Waals surface area (Å²) in [5, 5.41) is 3.19. The lowest BCUT2D eigenvalue weighted by Gasteiger charge is -2.32. The fraction of sp³-hybridized carbons (Fsp3) is 0.455. The van der Waals surface area contributed by atoms with Gasteiger partial charge in [0.05, 0.1) is 0 Å². The van der Waals surface area contributed by atoms with E-state index in [-0.39, 0.29) is 18.1 Å². The Hall–Kier alpha value is -2.05. The molecule has 0 saturated carbocycles. The first-order valence-electron chi connectivity index (χ1n) is 10.0. The van der Waals surface area contributed by atoms with Gasteiger partial charge in [-0.05, 0) is 42.7 Å². The van der Waals surface area contributed by atoms with E-state index < -0.39 is 0 Å². The molecule has 0 bridgehead atoms. The number of carbonyl (C=O) groups excluding carboxylic acids is 1. The zero-order valence-electron chi connectivity index (χ0n) is 16.0. The summed E-state index contributed by atoms with van der Waals surface area (Å²) in [6.07, 6.45) is 4.80. The van der Waals surface area contributed by atoms with Crippen molar-refractivity contribution in [2.24, 2.45) is 0 Å². The maximum atomic E-state index is 12.8. The number of aromatic nitrogens is 1. The fourth-order valence-corrected chi connectivity index (χ4v) is 4.86. The molecule has 3 heterocycles. The van der Waals surface area contributed by atoms with Gasteiger partial charge in [0.2, 0.25) is 5.88 Å². The van der Waals surface area contributed by atoms with Crippen LogP contribution in [0.4, 0.5) is 0 Å². The number of rotatable bonds is 6. The van der Waals surface area contributed by atoms with Crippen LogP contribution < -0.4 is 10.1 Å². The van der Waals surface area contributed by atoms with Crippen LogP contribution in [0.3, 0.4) is 0 Å². The van der Waals surface area contributed by atoms with Crippen LogP contribution in [0, 0.1) is 0 Å². The van der Waals surface area contributed by atoms with Crippen LogP contribution in [0.25, 0.3) is 0 Å². The van der Waals surface area contributed by atoms with Crippen molar-refractivity contribution in [3.63, 3.8) is 0 Å². The summed E-state index contributed by atoms with van der Waals surface area (Å²) in [5.41, 5.74) is 1.89. The smallest absolute Gasteiger partial charge is 0.256 e. The highest BCUT2D eigenvalue weighted by molar-refractivity contribution is 7.99. The summed E-state index contributed by atoms with van der Waals surface area (Å²) < 4.78 is 6.00. The number of pyridine rings is 1. The van der Waals surface area contributed by atoms with E-state index in [0.717, 1.165) is 50.4 Å². The minimum absolute atomic E-state index is 0.0738. The van der Waals surface area contributed by atoms with Crippen molar-refractivity contribution in [2.45, 2.75) is 38.0 Å². The van der Waals surface area contributed by atoms with Gasteiger partial charge in [-0.2, -0.15) is 11.8 Å². The molecule has 1 amide bonds. The number of nitrogens with zero attached hydrogens (tertiary/aromatic N) is 2. The fourth-order valence-electron chi connectivity index (χ4n) is 3.76. The molecule has 2 aliphatic heterocycles. The highest BCUT2D eigenvalue weighted by Gasteiger charge is 2.24. The number of nitrogens with one attached hydrogen (secondary N) is 1. The predicted octanol–water partition coefficient (Wildman–Crippen LogP) is 3.36. The molecule has 148 valence electrons. The van der Waals surface area contributed by atoms with E-state index in [1.165, 1.54) is 5.56 Å². The average Bonchev–Trinajstić information content (AvgIpc) is 3.24. The summed E-state index contributed by atoms with van der Waals surface area (Å²) in [4.78, 5) is 19.6. The van der Waals surface area contributed by atoms with Gasteiger partial charge in [-0.25, -0.2) is 4.98 Å². The Kier molecular flexibility index (Phi) is 6.49. The normalized spacial score (nSPS) is 20.8. The first-order valence-corrected chi connectivity index (χ1v) is 11.2. The third-order valence-corrected chi connectivity index (χ3v) is 6.49. The van der Waals surface area contributed by atoms with Crippen molar-refractivity contribution in [3.05, 3.63) is 59.8 Å². The number of ether oxygens (including phenoxy) is 1.